The van der Waals surface area contributed by atoms with Crippen LogP contribution in [0.4, 0.5) is 0 Å². The maximum Gasteiger partial charge on any atom is 3.00 e. The van der Waals surface area contributed by atoms with Crippen molar-refractivity contribution in [3.05, 3.63) is 18.5 Å². The van der Waals surface area contributed by atoms with E-state index in [1.54, 1.807) is 12.4 Å². The molecular formula is C3H4BN2O3Pt. The number of nitrogens with zero attached hydrogens (tertiary/aromatic N) is 1. The summed E-state index contributed by atoms with van der Waals surface area (Å²) in [6.45, 7) is 0. The minimum Gasteiger partial charge on any atom is -0.907 e. The van der Waals surface area contributed by atoms with Crippen LogP contribution in [0.25, 0.3) is 0 Å². The van der Waals surface area contributed by atoms with Crippen LogP contribution in [0.5, 0.6) is 0 Å². The summed E-state index contributed by atoms with van der Waals surface area (Å²) in [5.41, 5.74) is 0. The largest absolute Gasteiger partial charge is 3.00 e. The summed E-state index contributed by atoms with van der Waals surface area (Å²) in [5.74, 6) is 0. The van der Waals surface area contributed by atoms with E-state index < -0.39 is 7.32 Å². The van der Waals surface area contributed by atoms with Gasteiger partial charge in [-0.05, 0) is 6.07 Å². The molecule has 0 amide bonds. The molecule has 1 heterocycles. The topological polar surface area (TPSA) is 97.9 Å². The van der Waals surface area contributed by atoms with E-state index in [2.05, 4.69) is 10.2 Å². The Morgan fingerprint density at radius 1 is 1.30 bits per heavy atom. The molecule has 0 aliphatic rings. The van der Waals surface area contributed by atoms with Crippen LogP contribution in [0.3, 0.4) is 0 Å². The van der Waals surface area contributed by atoms with Gasteiger partial charge in [-0.1, -0.05) is 0 Å². The fourth-order valence-electron chi connectivity index (χ4n) is 0.215. The van der Waals surface area contributed by atoms with E-state index in [0.717, 1.165) is 0 Å². The molecule has 0 unspecified atom stereocenters. The summed E-state index contributed by atoms with van der Waals surface area (Å²) in [5, 5.41) is 31.5. The number of H-pyrrole nitrogens is 1. The summed E-state index contributed by atoms with van der Waals surface area (Å²) in [4.78, 5) is 0. The third kappa shape index (κ3) is 15.7. The van der Waals surface area contributed by atoms with Crippen LogP contribution in [-0.4, -0.2) is 17.5 Å². The first kappa shape index (κ1) is 12.5. The molecular weight excluding hydrogens is 318 g/mol. The number of aromatic nitrogens is 2. The van der Waals surface area contributed by atoms with Gasteiger partial charge >= 0.3 is 21.1 Å². The molecule has 7 heteroatoms. The molecule has 0 aliphatic heterocycles. The summed E-state index contributed by atoms with van der Waals surface area (Å²) >= 11 is 0. The molecule has 1 N–H and O–H groups in total. The number of hydrogen-bond acceptors (Lipinski definition) is 4. The van der Waals surface area contributed by atoms with Crippen LogP contribution in [0.15, 0.2) is 18.5 Å². The number of nitrogens with one attached hydrogen (secondary N) is 1. The molecule has 0 saturated heterocycles. The second-order valence-corrected chi connectivity index (χ2v) is 1.06. The molecule has 0 atom stereocenters. The monoisotopic (exact) mass is 322 g/mol. The molecule has 1 aromatic rings. The van der Waals surface area contributed by atoms with Gasteiger partial charge in [0, 0.05) is 12.4 Å². The van der Waals surface area contributed by atoms with Gasteiger partial charge in [0.25, 0.3) is 0 Å². The van der Waals surface area contributed by atoms with Crippen molar-refractivity contribution in [2.24, 2.45) is 0 Å². The van der Waals surface area contributed by atoms with Crippen molar-refractivity contribution in [1.82, 2.24) is 10.2 Å². The van der Waals surface area contributed by atoms with Gasteiger partial charge in [0.15, 0.2) is 0 Å². The standard InChI is InChI=1S/C3H4N2.BO3.Pt/c1-2-4-5-3-1;2-1(3)4;/h1-3H,(H,4,5);;/q;-3;+3. The molecule has 1 aromatic heterocycles. The van der Waals surface area contributed by atoms with Gasteiger partial charge < -0.3 is 15.1 Å². The first-order valence-electron chi connectivity index (χ1n) is 2.14. The first-order valence-corrected chi connectivity index (χ1v) is 2.14. The summed E-state index contributed by atoms with van der Waals surface area (Å²) in [6.07, 6.45) is 3.46. The molecule has 0 aromatic carbocycles. The van der Waals surface area contributed by atoms with E-state index in [1.165, 1.54) is 0 Å². The van der Waals surface area contributed by atoms with E-state index in [1.807, 2.05) is 6.07 Å². The van der Waals surface area contributed by atoms with E-state index >= 15 is 0 Å². The smallest absolute Gasteiger partial charge is 0.907 e. The zero-order valence-corrected chi connectivity index (χ0v) is 7.07. The number of rotatable bonds is 0. The maximum atomic E-state index is 8.42. The number of aromatic amines is 1. The van der Waals surface area contributed by atoms with Crippen LogP contribution in [0.1, 0.15) is 0 Å². The van der Waals surface area contributed by atoms with Gasteiger partial charge in [0.2, 0.25) is 0 Å². The molecule has 57 valence electrons. The van der Waals surface area contributed by atoms with Gasteiger partial charge in [-0.15, -0.1) is 0 Å². The van der Waals surface area contributed by atoms with Gasteiger partial charge in [-0.25, -0.2) is 0 Å². The third-order valence-corrected chi connectivity index (χ3v) is 0.406. The van der Waals surface area contributed by atoms with E-state index in [0.29, 0.717) is 0 Å². The summed E-state index contributed by atoms with van der Waals surface area (Å²) < 4.78 is 0. The minimum absolute atomic E-state index is 0. The Morgan fingerprint density at radius 2 is 1.80 bits per heavy atom. The molecule has 0 fully saturated rings. The van der Waals surface area contributed by atoms with E-state index in [4.69, 9.17) is 15.1 Å². The van der Waals surface area contributed by atoms with Crippen molar-refractivity contribution in [2.75, 3.05) is 0 Å². The van der Waals surface area contributed by atoms with Gasteiger partial charge in [0.05, 0.1) is 0 Å². The molecule has 0 saturated carbocycles. The van der Waals surface area contributed by atoms with E-state index in [9.17, 15) is 0 Å². The van der Waals surface area contributed by atoms with Crippen molar-refractivity contribution >= 4 is 7.32 Å². The Morgan fingerprint density at radius 3 is 1.90 bits per heavy atom. The Bertz CT molecular complexity index is 105. The Hall–Kier alpha value is -0.157. The van der Waals surface area contributed by atoms with Crippen molar-refractivity contribution < 1.29 is 36.1 Å². The minimum atomic E-state index is -2.92. The van der Waals surface area contributed by atoms with E-state index in [-0.39, 0.29) is 21.1 Å². The molecule has 10 heavy (non-hydrogen) atoms. The second-order valence-electron chi connectivity index (χ2n) is 1.06. The van der Waals surface area contributed by atoms with Crippen molar-refractivity contribution in [1.29, 1.82) is 0 Å². The molecule has 1 radical (unpaired) electrons. The Labute approximate surface area is 72.5 Å². The van der Waals surface area contributed by atoms with Gasteiger partial charge in [-0.3, -0.25) is 12.4 Å². The first-order chi connectivity index (χ1) is 4.23. The van der Waals surface area contributed by atoms with Gasteiger partial charge in [0.1, 0.15) is 0 Å². The number of hydrogen-bond donors (Lipinski definition) is 1. The van der Waals surface area contributed by atoms with Crippen molar-refractivity contribution in [3.63, 3.8) is 0 Å². The molecule has 1 rings (SSSR count). The second kappa shape index (κ2) is 8.84. The summed E-state index contributed by atoms with van der Waals surface area (Å²) in [6, 6.07) is 1.83. The fraction of sp³-hybridized carbons (Fsp3) is 0. The average molecular weight is 322 g/mol. The van der Waals surface area contributed by atoms with Crippen LogP contribution in [-0.2, 0) is 21.1 Å². The molecule has 0 spiro atoms. The molecule has 0 bridgehead atoms. The van der Waals surface area contributed by atoms with Gasteiger partial charge in [-0.2, -0.15) is 5.10 Å². The van der Waals surface area contributed by atoms with Crippen molar-refractivity contribution in [3.8, 4) is 0 Å². The van der Waals surface area contributed by atoms with Crippen LogP contribution >= 0.6 is 0 Å². The van der Waals surface area contributed by atoms with Crippen LogP contribution in [0.2, 0.25) is 0 Å². The molecule has 0 aliphatic carbocycles. The fourth-order valence-corrected chi connectivity index (χ4v) is 0.215. The maximum absolute atomic E-state index is 8.42. The zero-order valence-electron chi connectivity index (χ0n) is 4.80. The third-order valence-electron chi connectivity index (χ3n) is 0.406. The zero-order chi connectivity index (χ0) is 7.11. The quantitative estimate of drug-likeness (QED) is 0.500. The normalized spacial score (nSPS) is 6.70. The Kier molecular flexibility index (Phi) is 11.1. The molecule has 5 nitrogen and oxygen atoms in total. The van der Waals surface area contributed by atoms with Crippen LogP contribution in [0, 0.1) is 0 Å². The predicted octanol–water partition coefficient (Wildman–Crippen LogP) is -3.54. The van der Waals surface area contributed by atoms with Crippen LogP contribution < -0.4 is 15.1 Å². The predicted molar refractivity (Wildman–Crippen MR) is 24.3 cm³/mol. The average Bonchev–Trinajstić information content (AvgIpc) is 2.11. The summed E-state index contributed by atoms with van der Waals surface area (Å²) in [7, 11) is -2.92. The van der Waals surface area contributed by atoms with Crippen molar-refractivity contribution in [2.45, 2.75) is 0 Å². The SMILES string of the molecule is [O-]B([O-])[O-].[Pt+3].c1cn[nH]c1. The Balaban J connectivity index is 0.